The van der Waals surface area contributed by atoms with Gasteiger partial charge < -0.3 is 4.74 Å². The molecule has 3 atom stereocenters. The molecule has 2 nitrogen and oxygen atoms in total. The van der Waals surface area contributed by atoms with Gasteiger partial charge in [-0.25, -0.2) is 0 Å². The Balaban J connectivity index is 1.50. The van der Waals surface area contributed by atoms with Gasteiger partial charge in [-0.2, -0.15) is 0 Å². The van der Waals surface area contributed by atoms with Gasteiger partial charge in [0.1, 0.15) is 0 Å². The fraction of sp³-hybridized carbons (Fsp3) is 1.00. The molecule has 0 aromatic carbocycles. The Morgan fingerprint density at radius 1 is 0.933 bits per heavy atom. The van der Waals surface area contributed by atoms with Crippen molar-refractivity contribution in [3.63, 3.8) is 0 Å². The summed E-state index contributed by atoms with van der Waals surface area (Å²) in [6.07, 6.45) is 11.8. The van der Waals surface area contributed by atoms with Gasteiger partial charge in [0.2, 0.25) is 0 Å². The molecule has 3 heterocycles. The van der Waals surface area contributed by atoms with Crippen molar-refractivity contribution in [1.82, 2.24) is 4.90 Å². The van der Waals surface area contributed by atoms with Crippen LogP contribution in [0.4, 0.5) is 0 Å². The fourth-order valence-corrected chi connectivity index (χ4v) is 3.75. The van der Waals surface area contributed by atoms with Crippen LogP contribution in [0.2, 0.25) is 0 Å². The molecule has 15 heavy (non-hydrogen) atoms. The van der Waals surface area contributed by atoms with Crippen molar-refractivity contribution in [3.8, 4) is 0 Å². The average Bonchev–Trinajstić information content (AvgIpc) is 2.82. The zero-order chi connectivity index (χ0) is 10.1. The molecule has 0 saturated carbocycles. The predicted molar refractivity (Wildman–Crippen MR) is 61.0 cm³/mol. The summed E-state index contributed by atoms with van der Waals surface area (Å²) in [5.74, 6) is 0. The third kappa shape index (κ3) is 2.07. The van der Waals surface area contributed by atoms with E-state index < -0.39 is 0 Å². The monoisotopic (exact) mass is 209 g/mol. The van der Waals surface area contributed by atoms with E-state index in [-0.39, 0.29) is 0 Å². The Labute approximate surface area is 93.0 Å². The average molecular weight is 209 g/mol. The Morgan fingerprint density at radius 2 is 1.73 bits per heavy atom. The maximum absolute atomic E-state index is 5.71. The van der Waals surface area contributed by atoms with Crippen LogP contribution >= 0.6 is 0 Å². The lowest BCUT2D eigenvalue weighted by molar-refractivity contribution is 0.0726. The van der Waals surface area contributed by atoms with E-state index in [0.717, 1.165) is 18.7 Å². The first-order chi connectivity index (χ1) is 7.43. The third-order valence-corrected chi connectivity index (χ3v) is 4.58. The quantitative estimate of drug-likeness (QED) is 0.708. The molecule has 86 valence electrons. The van der Waals surface area contributed by atoms with Crippen molar-refractivity contribution in [2.75, 3.05) is 13.2 Å². The molecule has 0 N–H and O–H groups in total. The smallest absolute Gasteiger partial charge is 0.0588 e. The van der Waals surface area contributed by atoms with Crippen molar-refractivity contribution in [3.05, 3.63) is 0 Å². The maximum Gasteiger partial charge on any atom is 0.0588 e. The van der Waals surface area contributed by atoms with Crippen molar-refractivity contribution < 1.29 is 4.74 Å². The van der Waals surface area contributed by atoms with E-state index in [1.807, 2.05) is 0 Å². The van der Waals surface area contributed by atoms with Gasteiger partial charge in [-0.15, -0.1) is 0 Å². The molecule has 0 radical (unpaired) electrons. The molecule has 0 aromatic heterocycles. The second kappa shape index (κ2) is 4.42. The molecule has 0 aromatic rings. The van der Waals surface area contributed by atoms with E-state index in [1.54, 1.807) is 0 Å². The van der Waals surface area contributed by atoms with E-state index >= 15 is 0 Å². The summed E-state index contributed by atoms with van der Waals surface area (Å²) < 4.78 is 5.71. The van der Waals surface area contributed by atoms with E-state index in [0.29, 0.717) is 6.10 Å². The molecule has 0 spiro atoms. The number of hydrogen-bond donors (Lipinski definition) is 0. The molecule has 2 heteroatoms. The molecular formula is C13H23NO. The van der Waals surface area contributed by atoms with Gasteiger partial charge in [0.25, 0.3) is 0 Å². The maximum atomic E-state index is 5.71. The molecule has 0 amide bonds. The molecule has 3 rings (SSSR count). The first-order valence-corrected chi connectivity index (χ1v) is 6.81. The Hall–Kier alpha value is -0.0800. The van der Waals surface area contributed by atoms with Gasteiger partial charge in [-0.3, -0.25) is 4.90 Å². The minimum Gasteiger partial charge on any atom is -0.378 e. The summed E-state index contributed by atoms with van der Waals surface area (Å²) >= 11 is 0. The normalized spacial score (nSPS) is 41.2. The summed E-state index contributed by atoms with van der Waals surface area (Å²) in [5.41, 5.74) is 0. The number of rotatable bonds is 3. The number of nitrogens with zero attached hydrogens (tertiary/aromatic N) is 1. The lowest BCUT2D eigenvalue weighted by Crippen LogP contribution is -2.41. The first-order valence-electron chi connectivity index (χ1n) is 6.81. The van der Waals surface area contributed by atoms with Crippen LogP contribution in [0, 0.1) is 0 Å². The van der Waals surface area contributed by atoms with Gasteiger partial charge in [-0.05, 0) is 44.9 Å². The van der Waals surface area contributed by atoms with Gasteiger partial charge in [0, 0.05) is 25.2 Å². The highest BCUT2D eigenvalue weighted by atomic mass is 16.5. The Kier molecular flexibility index (Phi) is 2.98. The highest BCUT2D eigenvalue weighted by Crippen LogP contribution is 2.35. The van der Waals surface area contributed by atoms with Crippen molar-refractivity contribution in [1.29, 1.82) is 0 Å². The zero-order valence-corrected chi connectivity index (χ0v) is 9.66. The van der Waals surface area contributed by atoms with E-state index in [2.05, 4.69) is 4.90 Å². The predicted octanol–water partition coefficient (Wildman–Crippen LogP) is 2.57. The van der Waals surface area contributed by atoms with Crippen LogP contribution in [0.15, 0.2) is 0 Å². The largest absolute Gasteiger partial charge is 0.378 e. The Bertz CT molecular complexity index is 197. The van der Waals surface area contributed by atoms with Gasteiger partial charge in [0.05, 0.1) is 6.10 Å². The van der Waals surface area contributed by atoms with Crippen LogP contribution in [0.5, 0.6) is 0 Å². The van der Waals surface area contributed by atoms with Gasteiger partial charge >= 0.3 is 0 Å². The molecule has 3 fully saturated rings. The molecule has 3 unspecified atom stereocenters. The summed E-state index contributed by atoms with van der Waals surface area (Å²) in [6, 6.07) is 1.87. The van der Waals surface area contributed by atoms with E-state index in [9.17, 15) is 0 Å². The minimum atomic E-state index is 0.589. The first kappa shape index (κ1) is 10.1. The molecule has 3 saturated heterocycles. The van der Waals surface area contributed by atoms with E-state index in [1.165, 1.54) is 57.9 Å². The summed E-state index contributed by atoms with van der Waals surface area (Å²) in [6.45, 7) is 2.32. The number of piperidine rings is 1. The third-order valence-electron chi connectivity index (χ3n) is 4.58. The lowest BCUT2D eigenvalue weighted by Gasteiger charge is -2.35. The lowest BCUT2D eigenvalue weighted by atomic mass is 10.0. The number of ether oxygens (including phenoxy) is 1. The fourth-order valence-electron chi connectivity index (χ4n) is 3.75. The summed E-state index contributed by atoms with van der Waals surface area (Å²) in [7, 11) is 0. The standard InChI is InChI=1S/C13H23NO/c1-3-11-6-7-12(4-1)14(11)9-8-13-5-2-10-15-13/h11-13H,1-10H2. The second-order valence-electron chi connectivity index (χ2n) is 5.48. The van der Waals surface area contributed by atoms with Crippen LogP contribution < -0.4 is 0 Å². The van der Waals surface area contributed by atoms with Crippen molar-refractivity contribution >= 4 is 0 Å². The molecular weight excluding hydrogens is 186 g/mol. The molecule has 0 aliphatic carbocycles. The molecule has 3 aliphatic heterocycles. The molecule has 2 bridgehead atoms. The highest BCUT2D eigenvalue weighted by molar-refractivity contribution is 4.91. The van der Waals surface area contributed by atoms with Crippen LogP contribution in [0.1, 0.15) is 51.4 Å². The van der Waals surface area contributed by atoms with Crippen LogP contribution in [-0.4, -0.2) is 36.2 Å². The van der Waals surface area contributed by atoms with Gasteiger partial charge in [-0.1, -0.05) is 6.42 Å². The SMILES string of the molecule is C1COC(CCN2C3CCCC2CC3)C1. The molecule has 3 aliphatic rings. The highest BCUT2D eigenvalue weighted by Gasteiger charge is 2.36. The number of fused-ring (bicyclic) bond motifs is 2. The van der Waals surface area contributed by atoms with E-state index in [4.69, 9.17) is 4.74 Å². The minimum absolute atomic E-state index is 0.589. The van der Waals surface area contributed by atoms with Crippen LogP contribution in [0.25, 0.3) is 0 Å². The number of hydrogen-bond acceptors (Lipinski definition) is 2. The zero-order valence-electron chi connectivity index (χ0n) is 9.66. The van der Waals surface area contributed by atoms with Gasteiger partial charge in [0.15, 0.2) is 0 Å². The van der Waals surface area contributed by atoms with Crippen LogP contribution in [-0.2, 0) is 4.74 Å². The summed E-state index contributed by atoms with van der Waals surface area (Å²) in [4.78, 5) is 2.80. The van der Waals surface area contributed by atoms with Crippen molar-refractivity contribution in [2.24, 2.45) is 0 Å². The van der Waals surface area contributed by atoms with Crippen molar-refractivity contribution in [2.45, 2.75) is 69.6 Å². The Morgan fingerprint density at radius 3 is 2.40 bits per heavy atom. The topological polar surface area (TPSA) is 12.5 Å². The second-order valence-corrected chi connectivity index (χ2v) is 5.48. The van der Waals surface area contributed by atoms with Crippen LogP contribution in [0.3, 0.4) is 0 Å². The summed E-state index contributed by atoms with van der Waals surface area (Å²) in [5, 5.41) is 0.